The summed E-state index contributed by atoms with van der Waals surface area (Å²) in [5, 5.41) is 0. The van der Waals surface area contributed by atoms with Crippen LogP contribution in [0, 0.1) is 0 Å². The van der Waals surface area contributed by atoms with Gasteiger partial charge in [-0.15, -0.1) is 0 Å². The lowest BCUT2D eigenvalue weighted by molar-refractivity contribution is 0.136. The zero-order valence-corrected chi connectivity index (χ0v) is 14.8. The minimum absolute atomic E-state index is 0.0618. The molecule has 23 heavy (non-hydrogen) atoms. The molecule has 0 aromatic heterocycles. The van der Waals surface area contributed by atoms with Crippen LogP contribution in [-0.4, -0.2) is 42.1 Å². The zero-order valence-electron chi connectivity index (χ0n) is 14.0. The molecule has 0 bridgehead atoms. The molecule has 1 aliphatic carbocycles. The molecule has 0 aliphatic heterocycles. The van der Waals surface area contributed by atoms with E-state index in [0.29, 0.717) is 23.7 Å². The first-order valence-electron chi connectivity index (χ1n) is 7.58. The predicted octanol–water partition coefficient (Wildman–Crippen LogP) is 2.71. The molecule has 0 heterocycles. The van der Waals surface area contributed by atoms with Gasteiger partial charge in [-0.3, -0.25) is 4.18 Å². The third kappa shape index (κ3) is 4.09. The van der Waals surface area contributed by atoms with Crippen LogP contribution in [0.5, 0.6) is 17.2 Å². The lowest BCUT2D eigenvalue weighted by atomic mass is 9.81. The SMILES string of the molecule is COc1ccc([C@H]2CCCC[C@H]2OS(C)(=O)=O)c(OC)c1OC. The summed E-state index contributed by atoms with van der Waals surface area (Å²) in [6.45, 7) is 0. The van der Waals surface area contributed by atoms with Gasteiger partial charge in [0.25, 0.3) is 10.1 Å². The fourth-order valence-corrected chi connectivity index (χ4v) is 3.89. The molecule has 0 N–H and O–H groups in total. The van der Waals surface area contributed by atoms with Crippen molar-refractivity contribution in [2.75, 3.05) is 27.6 Å². The highest BCUT2D eigenvalue weighted by Crippen LogP contribution is 2.46. The highest BCUT2D eigenvalue weighted by Gasteiger charge is 2.33. The number of methoxy groups -OCH3 is 3. The van der Waals surface area contributed by atoms with Gasteiger partial charge in [0.1, 0.15) is 0 Å². The molecule has 0 spiro atoms. The Balaban J connectivity index is 2.45. The van der Waals surface area contributed by atoms with E-state index >= 15 is 0 Å². The summed E-state index contributed by atoms with van der Waals surface area (Å²) in [6, 6.07) is 3.71. The van der Waals surface area contributed by atoms with Crippen molar-refractivity contribution < 1.29 is 26.8 Å². The predicted molar refractivity (Wildman–Crippen MR) is 87.0 cm³/mol. The third-order valence-electron chi connectivity index (χ3n) is 4.14. The number of rotatable bonds is 6. The average Bonchev–Trinajstić information content (AvgIpc) is 2.52. The van der Waals surface area contributed by atoms with Crippen LogP contribution in [0.2, 0.25) is 0 Å². The van der Waals surface area contributed by atoms with Crippen LogP contribution in [0.3, 0.4) is 0 Å². The molecule has 0 unspecified atom stereocenters. The van der Waals surface area contributed by atoms with Crippen LogP contribution in [0.25, 0.3) is 0 Å². The van der Waals surface area contributed by atoms with Crippen molar-refractivity contribution in [3.63, 3.8) is 0 Å². The van der Waals surface area contributed by atoms with Crippen LogP contribution >= 0.6 is 0 Å². The number of benzene rings is 1. The van der Waals surface area contributed by atoms with Crippen LogP contribution < -0.4 is 14.2 Å². The molecular weight excluding hydrogens is 320 g/mol. The molecule has 1 aliphatic rings. The van der Waals surface area contributed by atoms with E-state index in [1.165, 1.54) is 0 Å². The van der Waals surface area contributed by atoms with Gasteiger partial charge in [0, 0.05) is 11.5 Å². The molecule has 130 valence electrons. The standard InChI is InChI=1S/C16H24O6S/c1-19-14-10-9-12(15(20-2)16(14)21-3)11-7-5-6-8-13(11)22-23(4,17)18/h9-11,13H,5-8H2,1-4H3/t11-,13-/m1/s1. The summed E-state index contributed by atoms with van der Waals surface area (Å²) in [4.78, 5) is 0. The number of hydrogen-bond donors (Lipinski definition) is 0. The molecule has 2 rings (SSSR count). The van der Waals surface area contributed by atoms with Crippen molar-refractivity contribution >= 4 is 10.1 Å². The molecule has 1 fully saturated rings. The first kappa shape index (κ1) is 17.9. The van der Waals surface area contributed by atoms with Gasteiger partial charge in [0.05, 0.1) is 33.7 Å². The fourth-order valence-electron chi connectivity index (χ4n) is 3.21. The van der Waals surface area contributed by atoms with Crippen LogP contribution in [0.4, 0.5) is 0 Å². The second-order valence-electron chi connectivity index (χ2n) is 5.65. The Bertz CT molecular complexity index is 640. The Morgan fingerprint density at radius 1 is 0.957 bits per heavy atom. The Labute approximate surface area is 137 Å². The lowest BCUT2D eigenvalue weighted by Gasteiger charge is -2.32. The highest BCUT2D eigenvalue weighted by molar-refractivity contribution is 7.86. The molecule has 1 aromatic carbocycles. The second-order valence-corrected chi connectivity index (χ2v) is 7.25. The maximum absolute atomic E-state index is 11.6. The molecule has 1 aromatic rings. The summed E-state index contributed by atoms with van der Waals surface area (Å²) in [5.74, 6) is 1.59. The van der Waals surface area contributed by atoms with Gasteiger partial charge in [0.15, 0.2) is 11.5 Å². The Morgan fingerprint density at radius 3 is 2.17 bits per heavy atom. The van der Waals surface area contributed by atoms with Crippen molar-refractivity contribution in [1.82, 2.24) is 0 Å². The van der Waals surface area contributed by atoms with Crippen molar-refractivity contribution in [3.8, 4) is 17.2 Å². The normalized spacial score (nSPS) is 21.7. The second kappa shape index (κ2) is 7.40. The van der Waals surface area contributed by atoms with Gasteiger partial charge in [-0.1, -0.05) is 18.9 Å². The maximum atomic E-state index is 11.6. The summed E-state index contributed by atoms with van der Waals surface area (Å²) >= 11 is 0. The first-order valence-corrected chi connectivity index (χ1v) is 9.40. The maximum Gasteiger partial charge on any atom is 0.264 e. The molecular formula is C16H24O6S. The van der Waals surface area contributed by atoms with Crippen molar-refractivity contribution in [2.45, 2.75) is 37.7 Å². The molecule has 1 saturated carbocycles. The topological polar surface area (TPSA) is 71.1 Å². The van der Waals surface area contributed by atoms with Gasteiger partial charge >= 0.3 is 0 Å². The van der Waals surface area contributed by atoms with Crippen LogP contribution in [0.15, 0.2) is 12.1 Å². The van der Waals surface area contributed by atoms with E-state index in [-0.39, 0.29) is 12.0 Å². The van der Waals surface area contributed by atoms with E-state index in [2.05, 4.69) is 0 Å². The highest BCUT2D eigenvalue weighted by atomic mass is 32.2. The smallest absolute Gasteiger partial charge is 0.264 e. The zero-order chi connectivity index (χ0) is 17.0. The summed E-state index contributed by atoms with van der Waals surface area (Å²) in [5.41, 5.74) is 0.888. The third-order valence-corrected chi connectivity index (χ3v) is 4.73. The monoisotopic (exact) mass is 344 g/mol. The average molecular weight is 344 g/mol. The van der Waals surface area contributed by atoms with E-state index in [1.54, 1.807) is 21.3 Å². The molecule has 6 nitrogen and oxygen atoms in total. The summed E-state index contributed by atoms with van der Waals surface area (Å²) in [7, 11) is 1.17. The number of hydrogen-bond acceptors (Lipinski definition) is 6. The van der Waals surface area contributed by atoms with Crippen LogP contribution in [-0.2, 0) is 14.3 Å². The number of ether oxygens (including phenoxy) is 3. The van der Waals surface area contributed by atoms with Gasteiger partial charge in [0.2, 0.25) is 5.75 Å². The summed E-state index contributed by atoms with van der Waals surface area (Å²) in [6.07, 6.45) is 4.22. The van der Waals surface area contributed by atoms with Gasteiger partial charge < -0.3 is 14.2 Å². The van der Waals surface area contributed by atoms with E-state index in [0.717, 1.165) is 31.1 Å². The Kier molecular flexibility index (Phi) is 5.75. The minimum Gasteiger partial charge on any atom is -0.493 e. The van der Waals surface area contributed by atoms with Gasteiger partial charge in [-0.25, -0.2) is 0 Å². The quantitative estimate of drug-likeness (QED) is 0.739. The van der Waals surface area contributed by atoms with Crippen LogP contribution in [0.1, 0.15) is 37.2 Å². The minimum atomic E-state index is -3.51. The van der Waals surface area contributed by atoms with Crippen molar-refractivity contribution in [2.24, 2.45) is 0 Å². The van der Waals surface area contributed by atoms with Gasteiger partial charge in [-0.05, 0) is 18.9 Å². The Hall–Kier alpha value is -1.47. The van der Waals surface area contributed by atoms with E-state index < -0.39 is 10.1 Å². The largest absolute Gasteiger partial charge is 0.493 e. The lowest BCUT2D eigenvalue weighted by Crippen LogP contribution is -2.28. The summed E-state index contributed by atoms with van der Waals surface area (Å²) < 4.78 is 44.7. The van der Waals surface area contributed by atoms with Crippen molar-refractivity contribution in [3.05, 3.63) is 17.7 Å². The fraction of sp³-hybridized carbons (Fsp3) is 0.625. The molecule has 2 atom stereocenters. The van der Waals surface area contributed by atoms with E-state index in [9.17, 15) is 8.42 Å². The molecule has 7 heteroatoms. The Morgan fingerprint density at radius 2 is 1.61 bits per heavy atom. The van der Waals surface area contributed by atoms with E-state index in [1.807, 2.05) is 12.1 Å². The van der Waals surface area contributed by atoms with Crippen molar-refractivity contribution in [1.29, 1.82) is 0 Å². The molecule has 0 radical (unpaired) electrons. The molecule has 0 saturated heterocycles. The first-order chi connectivity index (χ1) is 10.9. The van der Waals surface area contributed by atoms with E-state index in [4.69, 9.17) is 18.4 Å². The molecule has 0 amide bonds. The van der Waals surface area contributed by atoms with Gasteiger partial charge in [-0.2, -0.15) is 8.42 Å².